The fourth-order valence-corrected chi connectivity index (χ4v) is 3.41. The van der Waals surface area contributed by atoms with E-state index in [0.717, 1.165) is 54.8 Å². The summed E-state index contributed by atoms with van der Waals surface area (Å²) in [5, 5.41) is 0. The van der Waals surface area contributed by atoms with Crippen LogP contribution in [0.1, 0.15) is 24.2 Å². The highest BCUT2D eigenvalue weighted by atomic mass is 16.5. The van der Waals surface area contributed by atoms with Gasteiger partial charge in [0, 0.05) is 31.8 Å². The molecule has 0 saturated carbocycles. The molecule has 1 unspecified atom stereocenters. The summed E-state index contributed by atoms with van der Waals surface area (Å²) in [6, 6.07) is 8.00. The summed E-state index contributed by atoms with van der Waals surface area (Å²) < 4.78 is 16.5. The molecule has 2 aliphatic rings. The van der Waals surface area contributed by atoms with Crippen molar-refractivity contribution in [3.05, 3.63) is 41.9 Å². The van der Waals surface area contributed by atoms with E-state index in [-0.39, 0.29) is 12.1 Å². The molecule has 2 aromatic rings. The van der Waals surface area contributed by atoms with Crippen molar-refractivity contribution in [1.82, 2.24) is 15.4 Å². The summed E-state index contributed by atoms with van der Waals surface area (Å²) in [5.41, 5.74) is 9.58. The number of fused-ring (bicyclic) bond motifs is 1. The van der Waals surface area contributed by atoms with Crippen LogP contribution in [0.2, 0.25) is 0 Å². The third-order valence-electron chi connectivity index (χ3n) is 4.73. The van der Waals surface area contributed by atoms with Crippen molar-refractivity contribution < 1.29 is 14.2 Å². The van der Waals surface area contributed by atoms with Gasteiger partial charge in [-0.2, -0.15) is 0 Å². The molecule has 1 aromatic carbocycles. The highest BCUT2D eigenvalue weighted by Gasteiger charge is 2.26. The lowest BCUT2D eigenvalue weighted by molar-refractivity contribution is 0.0920. The molecule has 8 nitrogen and oxygen atoms in total. The van der Waals surface area contributed by atoms with Crippen LogP contribution in [0.3, 0.4) is 0 Å². The van der Waals surface area contributed by atoms with E-state index in [9.17, 15) is 0 Å². The highest BCUT2D eigenvalue weighted by Crippen LogP contribution is 2.35. The maximum atomic E-state index is 5.95. The van der Waals surface area contributed by atoms with E-state index >= 15 is 0 Å². The van der Waals surface area contributed by atoms with Crippen LogP contribution in [0, 0.1) is 0 Å². The average molecular weight is 371 g/mol. The number of morpholine rings is 1. The average Bonchev–Trinajstić information content (AvgIpc) is 3.12. The van der Waals surface area contributed by atoms with E-state index < -0.39 is 0 Å². The smallest absolute Gasteiger partial charge is 0.132 e. The molecule has 144 valence electrons. The van der Waals surface area contributed by atoms with Gasteiger partial charge in [-0.1, -0.05) is 0 Å². The summed E-state index contributed by atoms with van der Waals surface area (Å²) >= 11 is 0. The van der Waals surface area contributed by atoms with Crippen LogP contribution < -0.4 is 20.5 Å². The summed E-state index contributed by atoms with van der Waals surface area (Å²) in [6.45, 7) is 5.69. The number of ether oxygens (including phenoxy) is 3. The van der Waals surface area contributed by atoms with Gasteiger partial charge >= 0.3 is 0 Å². The SMILES string of the molecule is COC[C@H](C)Oc1ccc2c(c1)C(c1cc(N3CCOCC3)ncn1)NN2. The van der Waals surface area contributed by atoms with E-state index in [0.29, 0.717) is 6.61 Å². The highest BCUT2D eigenvalue weighted by molar-refractivity contribution is 5.61. The van der Waals surface area contributed by atoms with Gasteiger partial charge < -0.3 is 24.5 Å². The van der Waals surface area contributed by atoms with E-state index in [1.165, 1.54) is 0 Å². The fraction of sp³-hybridized carbons (Fsp3) is 0.474. The first-order valence-corrected chi connectivity index (χ1v) is 9.20. The predicted molar refractivity (Wildman–Crippen MR) is 102 cm³/mol. The molecule has 0 spiro atoms. The molecule has 2 N–H and O–H groups in total. The molecule has 1 aromatic heterocycles. The molecular formula is C19H25N5O3. The Morgan fingerprint density at radius 2 is 2.11 bits per heavy atom. The molecule has 2 aliphatic heterocycles. The lowest BCUT2D eigenvalue weighted by Gasteiger charge is -2.28. The Bertz CT molecular complexity index is 782. The molecule has 0 bridgehead atoms. The maximum Gasteiger partial charge on any atom is 0.132 e. The Morgan fingerprint density at radius 1 is 1.26 bits per heavy atom. The van der Waals surface area contributed by atoms with Crippen LogP contribution in [-0.4, -0.2) is 56.1 Å². The normalized spacial score (nSPS) is 20.1. The van der Waals surface area contributed by atoms with Crippen molar-refractivity contribution in [2.24, 2.45) is 0 Å². The van der Waals surface area contributed by atoms with Crippen molar-refractivity contribution in [1.29, 1.82) is 0 Å². The number of hydrazine groups is 1. The molecule has 1 fully saturated rings. The number of rotatable bonds is 6. The molecule has 0 aliphatic carbocycles. The molecule has 1 saturated heterocycles. The number of aromatic nitrogens is 2. The van der Waals surface area contributed by atoms with Crippen molar-refractivity contribution >= 4 is 11.5 Å². The van der Waals surface area contributed by atoms with Gasteiger partial charge in [0.25, 0.3) is 0 Å². The Kier molecular flexibility index (Phi) is 5.38. The van der Waals surface area contributed by atoms with E-state index in [1.54, 1.807) is 13.4 Å². The largest absolute Gasteiger partial charge is 0.488 e. The lowest BCUT2D eigenvalue weighted by atomic mass is 10.0. The monoisotopic (exact) mass is 371 g/mol. The molecule has 2 atom stereocenters. The molecule has 4 rings (SSSR count). The lowest BCUT2D eigenvalue weighted by Crippen LogP contribution is -2.37. The summed E-state index contributed by atoms with van der Waals surface area (Å²) in [6.07, 6.45) is 1.61. The number of methoxy groups -OCH3 is 1. The standard InChI is InChI=1S/C19H25N5O3/c1-13(11-25-2)27-14-3-4-16-15(9-14)19(23-22-16)17-10-18(21-12-20-17)24-5-7-26-8-6-24/h3-4,9-10,12-13,19,22-23H,5-8,11H2,1-2H3/t13-,19?/m0/s1. The van der Waals surface area contributed by atoms with Gasteiger partial charge in [-0.25, -0.2) is 15.4 Å². The van der Waals surface area contributed by atoms with Gasteiger partial charge in [-0.05, 0) is 25.1 Å². The van der Waals surface area contributed by atoms with Crippen molar-refractivity contribution in [2.45, 2.75) is 19.1 Å². The summed E-state index contributed by atoms with van der Waals surface area (Å²) in [4.78, 5) is 11.2. The molecule has 3 heterocycles. The van der Waals surface area contributed by atoms with Crippen molar-refractivity contribution in [2.75, 3.05) is 50.3 Å². The van der Waals surface area contributed by atoms with Crippen molar-refractivity contribution in [3.8, 4) is 5.75 Å². The van der Waals surface area contributed by atoms with E-state index in [1.807, 2.05) is 25.1 Å². The number of nitrogens with zero attached hydrogens (tertiary/aromatic N) is 3. The van der Waals surface area contributed by atoms with Gasteiger partial charge in [-0.15, -0.1) is 0 Å². The topological polar surface area (TPSA) is 80.8 Å². The Labute approximate surface area is 158 Å². The minimum atomic E-state index is -0.0657. The van der Waals surface area contributed by atoms with Gasteiger partial charge in [0.15, 0.2) is 0 Å². The molecule has 0 radical (unpaired) electrons. The molecule has 27 heavy (non-hydrogen) atoms. The second-order valence-electron chi connectivity index (χ2n) is 6.74. The Morgan fingerprint density at radius 3 is 2.93 bits per heavy atom. The zero-order valence-electron chi connectivity index (χ0n) is 15.6. The van der Waals surface area contributed by atoms with Gasteiger partial charge in [-0.3, -0.25) is 0 Å². The Hall–Kier alpha value is -2.42. The first kappa shape index (κ1) is 18.0. The quantitative estimate of drug-likeness (QED) is 0.795. The predicted octanol–water partition coefficient (Wildman–Crippen LogP) is 1.75. The number of anilines is 2. The fourth-order valence-electron chi connectivity index (χ4n) is 3.41. The van der Waals surface area contributed by atoms with Crippen LogP contribution in [0.15, 0.2) is 30.6 Å². The molecule has 0 amide bonds. The summed E-state index contributed by atoms with van der Waals surface area (Å²) in [7, 11) is 1.67. The van der Waals surface area contributed by atoms with Crippen LogP contribution >= 0.6 is 0 Å². The molecular weight excluding hydrogens is 346 g/mol. The first-order valence-electron chi connectivity index (χ1n) is 9.20. The number of hydrogen-bond acceptors (Lipinski definition) is 8. The number of hydrogen-bond donors (Lipinski definition) is 2. The number of nitrogens with one attached hydrogen (secondary N) is 2. The van der Waals surface area contributed by atoms with Gasteiger partial charge in [0.2, 0.25) is 0 Å². The Balaban J connectivity index is 1.56. The summed E-state index contributed by atoms with van der Waals surface area (Å²) in [5.74, 6) is 1.75. The van der Waals surface area contributed by atoms with Crippen molar-refractivity contribution in [3.63, 3.8) is 0 Å². The van der Waals surface area contributed by atoms with Crippen LogP contribution in [-0.2, 0) is 9.47 Å². The minimum Gasteiger partial charge on any atom is -0.488 e. The van der Waals surface area contributed by atoms with Gasteiger partial charge in [0.05, 0.1) is 37.2 Å². The van der Waals surface area contributed by atoms with Gasteiger partial charge in [0.1, 0.15) is 24.0 Å². The zero-order chi connectivity index (χ0) is 18.6. The third-order valence-corrected chi connectivity index (χ3v) is 4.73. The third kappa shape index (κ3) is 3.97. The van der Waals surface area contributed by atoms with E-state index in [4.69, 9.17) is 14.2 Å². The first-order chi connectivity index (χ1) is 13.2. The van der Waals surface area contributed by atoms with Crippen LogP contribution in [0.25, 0.3) is 0 Å². The van der Waals surface area contributed by atoms with E-state index in [2.05, 4.69) is 31.8 Å². The second-order valence-corrected chi connectivity index (χ2v) is 6.74. The zero-order valence-corrected chi connectivity index (χ0v) is 15.6. The van der Waals surface area contributed by atoms with Crippen LogP contribution in [0.5, 0.6) is 5.75 Å². The maximum absolute atomic E-state index is 5.95. The second kappa shape index (κ2) is 8.08. The minimum absolute atomic E-state index is 0.0132. The molecule has 8 heteroatoms. The van der Waals surface area contributed by atoms with Crippen LogP contribution in [0.4, 0.5) is 11.5 Å². The number of benzene rings is 1.